The van der Waals surface area contributed by atoms with Gasteiger partial charge in [0.1, 0.15) is 0 Å². The van der Waals surface area contributed by atoms with E-state index in [-0.39, 0.29) is 24.3 Å². The summed E-state index contributed by atoms with van der Waals surface area (Å²) < 4.78 is 6.34. The molecule has 7 unspecified atom stereocenters. The molecule has 1 aliphatic heterocycles. The van der Waals surface area contributed by atoms with Crippen LogP contribution in [-0.2, 0) is 9.53 Å². The van der Waals surface area contributed by atoms with Crippen molar-refractivity contribution in [2.45, 2.75) is 102 Å². The van der Waals surface area contributed by atoms with E-state index in [1.807, 2.05) is 6.92 Å². The largest absolute Gasteiger partial charge is 0.393 e. The zero-order valence-electron chi connectivity index (χ0n) is 17.5. The van der Waals surface area contributed by atoms with Crippen molar-refractivity contribution in [2.75, 3.05) is 13.2 Å². The third-order valence-electron chi connectivity index (χ3n) is 8.20. The van der Waals surface area contributed by atoms with Gasteiger partial charge in [-0.2, -0.15) is 0 Å². The fraction of sp³-hybridized carbons (Fsp3) is 0.957. The molecule has 0 aromatic carbocycles. The molecule has 4 fully saturated rings. The molecule has 0 aromatic heterocycles. The average molecular weight is 394 g/mol. The molecule has 7 atom stereocenters. The van der Waals surface area contributed by atoms with Gasteiger partial charge in [-0.1, -0.05) is 39.0 Å². The van der Waals surface area contributed by atoms with Gasteiger partial charge in [0.25, 0.3) is 0 Å². The average Bonchev–Trinajstić information content (AvgIpc) is 3.14. The van der Waals surface area contributed by atoms with Crippen LogP contribution in [0.1, 0.15) is 77.6 Å². The molecule has 0 spiro atoms. The van der Waals surface area contributed by atoms with Crippen LogP contribution in [0.15, 0.2) is 0 Å². The lowest BCUT2D eigenvalue weighted by Crippen LogP contribution is -2.57. The van der Waals surface area contributed by atoms with Crippen LogP contribution in [0.3, 0.4) is 0 Å². The number of aliphatic hydroxyl groups excluding tert-OH is 2. The van der Waals surface area contributed by atoms with Crippen LogP contribution >= 0.6 is 0 Å². The van der Waals surface area contributed by atoms with Crippen molar-refractivity contribution in [3.63, 3.8) is 0 Å². The highest BCUT2D eigenvalue weighted by molar-refractivity contribution is 5.81. The van der Waals surface area contributed by atoms with E-state index in [4.69, 9.17) is 4.74 Å². The molecule has 1 amide bonds. The maximum Gasteiger partial charge on any atom is 0.231 e. The second-order valence-corrected chi connectivity index (χ2v) is 9.99. The van der Waals surface area contributed by atoms with Crippen molar-refractivity contribution in [2.24, 2.45) is 23.7 Å². The minimum atomic E-state index is -0.808. The van der Waals surface area contributed by atoms with Crippen molar-refractivity contribution >= 4 is 5.91 Å². The summed E-state index contributed by atoms with van der Waals surface area (Å²) in [6.45, 7) is 3.46. The first-order chi connectivity index (χ1) is 13.6. The Morgan fingerprint density at radius 2 is 1.68 bits per heavy atom. The minimum Gasteiger partial charge on any atom is -0.393 e. The number of fused-ring (bicyclic) bond motifs is 1. The first-order valence-electron chi connectivity index (χ1n) is 11.8. The molecule has 3 saturated carbocycles. The van der Waals surface area contributed by atoms with Crippen LogP contribution in [-0.4, -0.2) is 58.5 Å². The fourth-order valence-corrected chi connectivity index (χ4v) is 6.41. The number of aliphatic hydroxyl groups is 2. The van der Waals surface area contributed by atoms with Gasteiger partial charge in [-0.3, -0.25) is 4.79 Å². The number of ether oxygens (including phenoxy) is 1. The van der Waals surface area contributed by atoms with E-state index in [2.05, 4.69) is 4.90 Å². The Labute approximate surface area is 169 Å². The van der Waals surface area contributed by atoms with Crippen LogP contribution in [0, 0.1) is 23.7 Å². The molecule has 0 radical (unpaired) electrons. The summed E-state index contributed by atoms with van der Waals surface area (Å²) in [7, 11) is 0. The zero-order valence-corrected chi connectivity index (χ0v) is 17.5. The number of hydrogen-bond donors (Lipinski definition) is 2. The van der Waals surface area contributed by atoms with Gasteiger partial charge in [0.15, 0.2) is 0 Å². The van der Waals surface area contributed by atoms with E-state index in [9.17, 15) is 15.0 Å². The SMILES string of the molecule is CC1C(O)CC(O)C(C(=O)N2CCC3CCCCC32)C1OCC1CCCCC1. The van der Waals surface area contributed by atoms with Gasteiger partial charge >= 0.3 is 0 Å². The number of rotatable bonds is 4. The molecular formula is C23H39NO4. The third-order valence-corrected chi connectivity index (χ3v) is 8.20. The van der Waals surface area contributed by atoms with Gasteiger partial charge in [0.2, 0.25) is 5.91 Å². The minimum absolute atomic E-state index is 0.0781. The topological polar surface area (TPSA) is 70.0 Å². The number of nitrogens with zero attached hydrogens (tertiary/aromatic N) is 1. The highest BCUT2D eigenvalue weighted by atomic mass is 16.5. The lowest BCUT2D eigenvalue weighted by Gasteiger charge is -2.44. The van der Waals surface area contributed by atoms with E-state index in [0.29, 0.717) is 24.5 Å². The predicted octanol–water partition coefficient (Wildman–Crippen LogP) is 3.12. The van der Waals surface area contributed by atoms with Crippen LogP contribution in [0.25, 0.3) is 0 Å². The van der Waals surface area contributed by atoms with Crippen LogP contribution in [0.2, 0.25) is 0 Å². The van der Waals surface area contributed by atoms with Crippen molar-refractivity contribution in [1.29, 1.82) is 0 Å². The standard InChI is InChI=1S/C23H39NO4/c1-15-19(25)13-20(26)21(22(15)28-14-16-7-3-2-4-8-16)23(27)24-12-11-17-9-5-6-10-18(17)24/h15-22,25-26H,2-14H2,1H3. The summed E-state index contributed by atoms with van der Waals surface area (Å²) in [5.41, 5.74) is 0. The Morgan fingerprint density at radius 1 is 0.964 bits per heavy atom. The van der Waals surface area contributed by atoms with Crippen molar-refractivity contribution in [3.8, 4) is 0 Å². The Bertz CT molecular complexity index is 535. The van der Waals surface area contributed by atoms with Gasteiger partial charge in [-0.25, -0.2) is 0 Å². The van der Waals surface area contributed by atoms with E-state index >= 15 is 0 Å². The molecule has 5 heteroatoms. The smallest absolute Gasteiger partial charge is 0.231 e. The summed E-state index contributed by atoms with van der Waals surface area (Å²) in [6.07, 6.45) is 10.6. The normalized spacial score (nSPS) is 42.4. The first kappa shape index (κ1) is 20.6. The Kier molecular flexibility index (Phi) is 6.63. The van der Waals surface area contributed by atoms with Gasteiger partial charge < -0.3 is 19.8 Å². The van der Waals surface area contributed by atoms with Crippen LogP contribution in [0.4, 0.5) is 0 Å². The van der Waals surface area contributed by atoms with Crippen LogP contribution < -0.4 is 0 Å². The van der Waals surface area contributed by atoms with E-state index < -0.39 is 18.1 Å². The Balaban J connectivity index is 1.47. The van der Waals surface area contributed by atoms with Gasteiger partial charge in [0.05, 0.1) is 24.2 Å². The summed E-state index contributed by atoms with van der Waals surface area (Å²) in [6, 6.07) is 0.356. The van der Waals surface area contributed by atoms with E-state index in [1.54, 1.807) is 0 Å². The zero-order chi connectivity index (χ0) is 19.7. The predicted molar refractivity (Wildman–Crippen MR) is 108 cm³/mol. The summed E-state index contributed by atoms with van der Waals surface area (Å²) in [5, 5.41) is 21.2. The summed E-state index contributed by atoms with van der Waals surface area (Å²) in [5.74, 6) is 0.633. The molecular weight excluding hydrogens is 354 g/mol. The molecule has 1 heterocycles. The van der Waals surface area contributed by atoms with Crippen molar-refractivity contribution in [3.05, 3.63) is 0 Å². The quantitative estimate of drug-likeness (QED) is 0.770. The molecule has 160 valence electrons. The second-order valence-electron chi connectivity index (χ2n) is 9.99. The van der Waals surface area contributed by atoms with E-state index in [0.717, 1.165) is 19.4 Å². The molecule has 0 bridgehead atoms. The molecule has 0 aromatic rings. The number of carbonyl (C=O) groups is 1. The van der Waals surface area contributed by atoms with Gasteiger partial charge in [-0.05, 0) is 43.9 Å². The number of amides is 1. The van der Waals surface area contributed by atoms with Gasteiger partial charge in [-0.15, -0.1) is 0 Å². The van der Waals surface area contributed by atoms with Crippen molar-refractivity contribution in [1.82, 2.24) is 4.90 Å². The highest BCUT2D eigenvalue weighted by Crippen LogP contribution is 2.40. The molecule has 1 saturated heterocycles. The third kappa shape index (κ3) is 4.13. The number of carbonyl (C=O) groups excluding carboxylic acids is 1. The molecule has 5 nitrogen and oxygen atoms in total. The van der Waals surface area contributed by atoms with Gasteiger partial charge in [0, 0.05) is 31.5 Å². The monoisotopic (exact) mass is 393 g/mol. The maximum atomic E-state index is 13.6. The van der Waals surface area contributed by atoms with Crippen LogP contribution in [0.5, 0.6) is 0 Å². The summed E-state index contributed by atoms with van der Waals surface area (Å²) in [4.78, 5) is 15.7. The Morgan fingerprint density at radius 3 is 2.46 bits per heavy atom. The Hall–Kier alpha value is -0.650. The molecule has 28 heavy (non-hydrogen) atoms. The fourth-order valence-electron chi connectivity index (χ4n) is 6.41. The molecule has 3 aliphatic carbocycles. The maximum absolute atomic E-state index is 13.6. The lowest BCUT2D eigenvalue weighted by atomic mass is 9.74. The summed E-state index contributed by atoms with van der Waals surface area (Å²) >= 11 is 0. The molecule has 2 N–H and O–H groups in total. The lowest BCUT2D eigenvalue weighted by molar-refractivity contribution is -0.171. The van der Waals surface area contributed by atoms with Crippen molar-refractivity contribution < 1.29 is 19.7 Å². The second kappa shape index (κ2) is 9.01. The molecule has 4 aliphatic rings. The molecule has 4 rings (SSSR count). The number of likely N-dealkylation sites (tertiary alicyclic amines) is 1. The highest BCUT2D eigenvalue weighted by Gasteiger charge is 2.50. The van der Waals surface area contributed by atoms with E-state index in [1.165, 1.54) is 51.4 Å². The number of hydrogen-bond acceptors (Lipinski definition) is 4. The first-order valence-corrected chi connectivity index (χ1v) is 11.8.